The SMILES string of the molecule is C=CCNS(=O)(=O)c1cccc(C(=O)N2CCN(C(c3ccccc3)c3ccccc3)CC2)c1. The van der Waals surface area contributed by atoms with Crippen LogP contribution >= 0.6 is 0 Å². The van der Waals surface area contributed by atoms with E-state index >= 15 is 0 Å². The first-order chi connectivity index (χ1) is 16.5. The van der Waals surface area contributed by atoms with Gasteiger partial charge < -0.3 is 4.90 Å². The van der Waals surface area contributed by atoms with E-state index in [2.05, 4.69) is 64.7 Å². The third kappa shape index (κ3) is 5.44. The van der Waals surface area contributed by atoms with Gasteiger partial charge in [-0.15, -0.1) is 6.58 Å². The first kappa shape index (κ1) is 23.9. The fourth-order valence-corrected chi connectivity index (χ4v) is 5.34. The van der Waals surface area contributed by atoms with Crippen molar-refractivity contribution in [2.24, 2.45) is 0 Å². The van der Waals surface area contributed by atoms with Crippen LogP contribution in [-0.4, -0.2) is 56.8 Å². The highest BCUT2D eigenvalue weighted by molar-refractivity contribution is 7.89. The summed E-state index contributed by atoms with van der Waals surface area (Å²) in [5, 5.41) is 0. The van der Waals surface area contributed by atoms with E-state index < -0.39 is 10.0 Å². The molecule has 1 aliphatic rings. The second-order valence-corrected chi connectivity index (χ2v) is 9.99. The Balaban J connectivity index is 1.48. The standard InChI is InChI=1S/C27H29N3O3S/c1-2-16-28-34(32,33)25-15-9-14-24(21-25)27(31)30-19-17-29(18-20-30)26(22-10-5-3-6-11-22)23-12-7-4-8-13-23/h2-15,21,26,28H,1,16-20H2. The number of rotatable bonds is 8. The number of sulfonamides is 1. The zero-order chi connectivity index (χ0) is 24.0. The summed E-state index contributed by atoms with van der Waals surface area (Å²) in [6.45, 7) is 6.24. The number of carbonyl (C=O) groups is 1. The van der Waals surface area contributed by atoms with Gasteiger partial charge in [-0.1, -0.05) is 72.8 Å². The Labute approximate surface area is 201 Å². The molecule has 1 saturated heterocycles. The number of carbonyl (C=O) groups excluding carboxylic acids is 1. The Hall–Kier alpha value is -3.26. The Morgan fingerprint density at radius 3 is 2.03 bits per heavy atom. The van der Waals surface area contributed by atoms with Crippen molar-refractivity contribution >= 4 is 15.9 Å². The number of hydrogen-bond acceptors (Lipinski definition) is 4. The quantitative estimate of drug-likeness (QED) is 0.505. The zero-order valence-electron chi connectivity index (χ0n) is 19.0. The van der Waals surface area contributed by atoms with Crippen molar-refractivity contribution in [3.8, 4) is 0 Å². The topological polar surface area (TPSA) is 69.7 Å². The van der Waals surface area contributed by atoms with Crippen LogP contribution in [0, 0.1) is 0 Å². The summed E-state index contributed by atoms with van der Waals surface area (Å²) >= 11 is 0. The fourth-order valence-electron chi connectivity index (χ4n) is 4.30. The van der Waals surface area contributed by atoms with E-state index in [1.54, 1.807) is 17.0 Å². The smallest absolute Gasteiger partial charge is 0.253 e. The molecular formula is C27H29N3O3S. The van der Waals surface area contributed by atoms with E-state index in [1.807, 2.05) is 12.1 Å². The first-order valence-corrected chi connectivity index (χ1v) is 12.8. The number of nitrogens with one attached hydrogen (secondary N) is 1. The second kappa shape index (κ2) is 10.8. The molecule has 1 aliphatic heterocycles. The Kier molecular flexibility index (Phi) is 7.57. The molecule has 4 rings (SSSR count). The van der Waals surface area contributed by atoms with Crippen molar-refractivity contribution in [2.45, 2.75) is 10.9 Å². The molecule has 1 N–H and O–H groups in total. The molecular weight excluding hydrogens is 446 g/mol. The molecule has 3 aromatic carbocycles. The maximum absolute atomic E-state index is 13.2. The molecule has 176 valence electrons. The summed E-state index contributed by atoms with van der Waals surface area (Å²) in [6.07, 6.45) is 1.48. The number of hydrogen-bond donors (Lipinski definition) is 1. The van der Waals surface area contributed by atoms with Crippen LogP contribution in [0.4, 0.5) is 0 Å². The van der Waals surface area contributed by atoms with Crippen LogP contribution in [-0.2, 0) is 10.0 Å². The summed E-state index contributed by atoms with van der Waals surface area (Å²) < 4.78 is 27.3. The summed E-state index contributed by atoms with van der Waals surface area (Å²) in [6, 6.07) is 27.1. The van der Waals surface area contributed by atoms with Crippen molar-refractivity contribution in [3.05, 3.63) is 114 Å². The van der Waals surface area contributed by atoms with Crippen LogP contribution in [0.2, 0.25) is 0 Å². The maximum Gasteiger partial charge on any atom is 0.253 e. The Morgan fingerprint density at radius 1 is 0.882 bits per heavy atom. The Morgan fingerprint density at radius 2 is 1.47 bits per heavy atom. The van der Waals surface area contributed by atoms with Gasteiger partial charge >= 0.3 is 0 Å². The zero-order valence-corrected chi connectivity index (χ0v) is 19.8. The predicted molar refractivity (Wildman–Crippen MR) is 134 cm³/mol. The van der Waals surface area contributed by atoms with Gasteiger partial charge in [0.1, 0.15) is 0 Å². The molecule has 7 heteroatoms. The van der Waals surface area contributed by atoms with E-state index in [9.17, 15) is 13.2 Å². The van der Waals surface area contributed by atoms with Gasteiger partial charge in [-0.3, -0.25) is 9.69 Å². The highest BCUT2D eigenvalue weighted by Crippen LogP contribution is 2.29. The van der Waals surface area contributed by atoms with Gasteiger partial charge in [-0.05, 0) is 29.3 Å². The first-order valence-electron chi connectivity index (χ1n) is 11.3. The van der Waals surface area contributed by atoms with Crippen LogP contribution in [0.1, 0.15) is 27.5 Å². The molecule has 0 atom stereocenters. The molecule has 6 nitrogen and oxygen atoms in total. The van der Waals surface area contributed by atoms with Crippen molar-refractivity contribution in [1.29, 1.82) is 0 Å². The van der Waals surface area contributed by atoms with Crippen LogP contribution < -0.4 is 4.72 Å². The van der Waals surface area contributed by atoms with E-state index in [1.165, 1.54) is 29.3 Å². The van der Waals surface area contributed by atoms with Gasteiger partial charge in [0.25, 0.3) is 5.91 Å². The highest BCUT2D eigenvalue weighted by atomic mass is 32.2. The normalized spacial score (nSPS) is 14.8. The fraction of sp³-hybridized carbons (Fsp3) is 0.222. The van der Waals surface area contributed by atoms with E-state index in [-0.39, 0.29) is 23.4 Å². The summed E-state index contributed by atoms with van der Waals surface area (Å²) in [4.78, 5) is 17.5. The summed E-state index contributed by atoms with van der Waals surface area (Å²) in [5.74, 6) is -0.156. The number of benzene rings is 3. The van der Waals surface area contributed by atoms with Crippen molar-refractivity contribution in [1.82, 2.24) is 14.5 Å². The van der Waals surface area contributed by atoms with Gasteiger partial charge in [-0.2, -0.15) is 0 Å². The van der Waals surface area contributed by atoms with Crippen LogP contribution in [0.15, 0.2) is 102 Å². The molecule has 0 spiro atoms. The van der Waals surface area contributed by atoms with Crippen molar-refractivity contribution < 1.29 is 13.2 Å². The van der Waals surface area contributed by atoms with Gasteiger partial charge in [0.2, 0.25) is 10.0 Å². The second-order valence-electron chi connectivity index (χ2n) is 8.22. The lowest BCUT2D eigenvalue weighted by Crippen LogP contribution is -2.49. The lowest BCUT2D eigenvalue weighted by molar-refractivity contribution is 0.0597. The monoisotopic (exact) mass is 475 g/mol. The lowest BCUT2D eigenvalue weighted by atomic mass is 9.96. The number of piperazine rings is 1. The molecule has 0 aromatic heterocycles. The maximum atomic E-state index is 13.2. The van der Waals surface area contributed by atoms with E-state index in [0.717, 1.165) is 13.1 Å². The lowest BCUT2D eigenvalue weighted by Gasteiger charge is -2.39. The van der Waals surface area contributed by atoms with Crippen LogP contribution in [0.5, 0.6) is 0 Å². The molecule has 1 heterocycles. The van der Waals surface area contributed by atoms with Crippen molar-refractivity contribution in [2.75, 3.05) is 32.7 Å². The number of nitrogens with zero attached hydrogens (tertiary/aromatic N) is 2. The molecule has 0 unspecified atom stereocenters. The molecule has 34 heavy (non-hydrogen) atoms. The van der Waals surface area contributed by atoms with Crippen molar-refractivity contribution in [3.63, 3.8) is 0 Å². The molecule has 1 amide bonds. The molecule has 1 fully saturated rings. The molecule has 0 radical (unpaired) electrons. The molecule has 0 bridgehead atoms. The van der Waals surface area contributed by atoms with Gasteiger partial charge in [0.05, 0.1) is 10.9 Å². The average Bonchev–Trinajstić information content (AvgIpc) is 2.89. The average molecular weight is 476 g/mol. The van der Waals surface area contributed by atoms with E-state index in [0.29, 0.717) is 18.7 Å². The largest absolute Gasteiger partial charge is 0.336 e. The minimum Gasteiger partial charge on any atom is -0.336 e. The summed E-state index contributed by atoms with van der Waals surface area (Å²) in [5.41, 5.74) is 2.81. The van der Waals surface area contributed by atoms with Gasteiger partial charge in [0.15, 0.2) is 0 Å². The molecule has 0 saturated carbocycles. The molecule has 0 aliphatic carbocycles. The van der Waals surface area contributed by atoms with Crippen LogP contribution in [0.25, 0.3) is 0 Å². The third-order valence-corrected chi connectivity index (χ3v) is 7.43. The van der Waals surface area contributed by atoms with E-state index in [4.69, 9.17) is 0 Å². The van der Waals surface area contributed by atoms with Crippen LogP contribution in [0.3, 0.4) is 0 Å². The highest BCUT2D eigenvalue weighted by Gasteiger charge is 2.29. The number of amides is 1. The minimum absolute atomic E-state index is 0.0760. The van der Waals surface area contributed by atoms with Gasteiger partial charge in [0, 0.05) is 38.3 Å². The summed E-state index contributed by atoms with van der Waals surface area (Å²) in [7, 11) is -3.69. The molecule has 3 aromatic rings. The predicted octanol–water partition coefficient (Wildman–Crippen LogP) is 3.70. The minimum atomic E-state index is -3.69. The third-order valence-electron chi connectivity index (χ3n) is 6.01. The Bertz CT molecular complexity index is 1180. The van der Waals surface area contributed by atoms with Gasteiger partial charge in [-0.25, -0.2) is 13.1 Å².